The number of hydrogen-bond acceptors (Lipinski definition) is 6. The molecule has 0 fully saturated rings. The van der Waals surface area contributed by atoms with E-state index in [9.17, 15) is 4.79 Å². The molecule has 100 valence electrons. The van der Waals surface area contributed by atoms with E-state index in [1.54, 1.807) is 12.3 Å². The molecule has 0 spiro atoms. The minimum Gasteiger partial charge on any atom is -0.469 e. The molecule has 0 aliphatic rings. The van der Waals surface area contributed by atoms with E-state index in [1.165, 1.54) is 7.11 Å². The number of nitrogens with zero attached hydrogens (tertiary/aromatic N) is 2. The summed E-state index contributed by atoms with van der Waals surface area (Å²) in [5, 5.41) is 6.24. The van der Waals surface area contributed by atoms with Crippen LogP contribution in [-0.4, -0.2) is 35.6 Å². The van der Waals surface area contributed by atoms with Crippen LogP contribution in [0.5, 0.6) is 0 Å². The molecule has 1 aromatic rings. The van der Waals surface area contributed by atoms with Crippen molar-refractivity contribution in [1.29, 1.82) is 0 Å². The Morgan fingerprint density at radius 2 is 2.33 bits per heavy atom. The summed E-state index contributed by atoms with van der Waals surface area (Å²) in [6.07, 6.45) is 3.00. The van der Waals surface area contributed by atoms with Gasteiger partial charge >= 0.3 is 5.97 Å². The zero-order valence-corrected chi connectivity index (χ0v) is 11.1. The molecule has 1 heterocycles. The summed E-state index contributed by atoms with van der Waals surface area (Å²) in [6.45, 7) is 4.81. The smallest absolute Gasteiger partial charge is 0.307 e. The zero-order chi connectivity index (χ0) is 13.4. The predicted molar refractivity (Wildman–Crippen MR) is 70.5 cm³/mol. The summed E-state index contributed by atoms with van der Waals surface area (Å²) in [6, 6.07) is 1.73. The van der Waals surface area contributed by atoms with Crippen LogP contribution in [0, 0.1) is 0 Å². The number of rotatable bonds is 7. The lowest BCUT2D eigenvalue weighted by molar-refractivity contribution is -0.140. The lowest BCUT2D eigenvalue weighted by Crippen LogP contribution is -2.21. The Bertz CT molecular complexity index is 384. The molecule has 1 rings (SSSR count). The summed E-state index contributed by atoms with van der Waals surface area (Å²) in [4.78, 5) is 19.5. The van der Waals surface area contributed by atoms with E-state index in [0.717, 1.165) is 13.0 Å². The first-order valence-corrected chi connectivity index (χ1v) is 6.06. The third kappa shape index (κ3) is 4.99. The van der Waals surface area contributed by atoms with Crippen LogP contribution in [0.15, 0.2) is 12.3 Å². The maximum absolute atomic E-state index is 11.1. The highest BCUT2D eigenvalue weighted by molar-refractivity contribution is 5.70. The molecule has 2 N–H and O–H groups in total. The fourth-order valence-corrected chi connectivity index (χ4v) is 1.40. The zero-order valence-electron chi connectivity index (χ0n) is 11.1. The molecule has 18 heavy (non-hydrogen) atoms. The molecule has 1 atom stereocenters. The first-order valence-electron chi connectivity index (χ1n) is 6.06. The van der Waals surface area contributed by atoms with Gasteiger partial charge in [0.15, 0.2) is 0 Å². The number of hydrogen-bond donors (Lipinski definition) is 2. The molecule has 6 nitrogen and oxygen atoms in total. The molecule has 1 unspecified atom stereocenters. The van der Waals surface area contributed by atoms with E-state index >= 15 is 0 Å². The van der Waals surface area contributed by atoms with Crippen LogP contribution in [-0.2, 0) is 9.53 Å². The van der Waals surface area contributed by atoms with Gasteiger partial charge in [-0.3, -0.25) is 4.79 Å². The Labute approximate surface area is 107 Å². The van der Waals surface area contributed by atoms with Crippen LogP contribution < -0.4 is 10.6 Å². The van der Waals surface area contributed by atoms with Crippen LogP contribution in [0.4, 0.5) is 11.8 Å². The SMILES string of the molecule is CCCNc1nccc(NC(C)CC(=O)OC)n1. The standard InChI is InChI=1S/C12H20N4O2/c1-4-6-13-12-14-7-5-10(16-12)15-9(2)8-11(17)18-3/h5,7,9H,4,6,8H2,1-3H3,(H2,13,14,15,16). The molecular formula is C12H20N4O2. The van der Waals surface area contributed by atoms with Gasteiger partial charge in [0, 0.05) is 18.8 Å². The fraction of sp³-hybridized carbons (Fsp3) is 0.583. The van der Waals surface area contributed by atoms with Gasteiger partial charge in [0.25, 0.3) is 0 Å². The fourth-order valence-electron chi connectivity index (χ4n) is 1.40. The molecule has 0 saturated carbocycles. The molecule has 0 aliphatic heterocycles. The topological polar surface area (TPSA) is 76.1 Å². The van der Waals surface area contributed by atoms with Crippen molar-refractivity contribution < 1.29 is 9.53 Å². The van der Waals surface area contributed by atoms with Crippen LogP contribution >= 0.6 is 0 Å². The van der Waals surface area contributed by atoms with Crippen LogP contribution in [0.25, 0.3) is 0 Å². The van der Waals surface area contributed by atoms with Gasteiger partial charge in [0.2, 0.25) is 5.95 Å². The number of ether oxygens (including phenoxy) is 1. The second kappa shape index (κ2) is 7.47. The molecule has 0 saturated heterocycles. The van der Waals surface area contributed by atoms with Gasteiger partial charge in [-0.15, -0.1) is 0 Å². The average Bonchev–Trinajstić information content (AvgIpc) is 2.36. The first kappa shape index (κ1) is 14.2. The van der Waals surface area contributed by atoms with Gasteiger partial charge in [-0.1, -0.05) is 6.92 Å². The highest BCUT2D eigenvalue weighted by atomic mass is 16.5. The highest BCUT2D eigenvalue weighted by Gasteiger charge is 2.09. The number of carbonyl (C=O) groups is 1. The van der Waals surface area contributed by atoms with Crippen molar-refractivity contribution in [2.45, 2.75) is 32.7 Å². The van der Waals surface area contributed by atoms with Crippen molar-refractivity contribution in [3.8, 4) is 0 Å². The number of esters is 1. The van der Waals surface area contributed by atoms with Crippen LogP contribution in [0.2, 0.25) is 0 Å². The van der Waals surface area contributed by atoms with E-state index in [2.05, 4.69) is 32.3 Å². The van der Waals surface area contributed by atoms with Crippen LogP contribution in [0.1, 0.15) is 26.7 Å². The number of nitrogens with one attached hydrogen (secondary N) is 2. The number of anilines is 2. The molecule has 0 amide bonds. The van der Waals surface area contributed by atoms with Crippen LogP contribution in [0.3, 0.4) is 0 Å². The summed E-state index contributed by atoms with van der Waals surface area (Å²) in [5.74, 6) is 1.04. The summed E-state index contributed by atoms with van der Waals surface area (Å²) in [7, 11) is 1.38. The maximum atomic E-state index is 11.1. The van der Waals surface area contributed by atoms with Crippen molar-refractivity contribution in [3.63, 3.8) is 0 Å². The third-order valence-electron chi connectivity index (χ3n) is 2.28. The number of methoxy groups -OCH3 is 1. The Kier molecular flexibility index (Phi) is 5.90. The van der Waals surface area contributed by atoms with E-state index in [-0.39, 0.29) is 12.0 Å². The Balaban J connectivity index is 2.53. The Hall–Kier alpha value is -1.85. The molecule has 0 aromatic carbocycles. The highest BCUT2D eigenvalue weighted by Crippen LogP contribution is 2.08. The quantitative estimate of drug-likeness (QED) is 0.719. The predicted octanol–water partition coefficient (Wildman–Crippen LogP) is 1.66. The molecular weight excluding hydrogens is 232 g/mol. The van der Waals surface area contributed by atoms with E-state index in [1.807, 2.05) is 6.92 Å². The minimum absolute atomic E-state index is 0.0358. The largest absolute Gasteiger partial charge is 0.469 e. The Morgan fingerprint density at radius 3 is 3.00 bits per heavy atom. The van der Waals surface area contributed by atoms with Gasteiger partial charge in [-0.2, -0.15) is 4.98 Å². The first-order chi connectivity index (χ1) is 8.65. The van der Waals surface area contributed by atoms with Gasteiger partial charge in [0.1, 0.15) is 5.82 Å². The van der Waals surface area contributed by atoms with Crippen molar-refractivity contribution >= 4 is 17.7 Å². The average molecular weight is 252 g/mol. The monoisotopic (exact) mass is 252 g/mol. The van der Waals surface area contributed by atoms with Crippen molar-refractivity contribution in [3.05, 3.63) is 12.3 Å². The van der Waals surface area contributed by atoms with Gasteiger partial charge in [-0.05, 0) is 19.4 Å². The summed E-state index contributed by atoms with van der Waals surface area (Å²) < 4.78 is 4.61. The number of carbonyl (C=O) groups excluding carboxylic acids is 1. The van der Waals surface area contributed by atoms with E-state index in [4.69, 9.17) is 0 Å². The van der Waals surface area contributed by atoms with E-state index in [0.29, 0.717) is 18.2 Å². The maximum Gasteiger partial charge on any atom is 0.307 e. The lowest BCUT2D eigenvalue weighted by Gasteiger charge is -2.13. The van der Waals surface area contributed by atoms with Crippen molar-refractivity contribution in [1.82, 2.24) is 9.97 Å². The normalized spacial score (nSPS) is 11.7. The van der Waals surface area contributed by atoms with Gasteiger partial charge in [0.05, 0.1) is 13.5 Å². The molecule has 1 aromatic heterocycles. The molecule has 6 heteroatoms. The Morgan fingerprint density at radius 1 is 1.56 bits per heavy atom. The van der Waals surface area contributed by atoms with Crippen molar-refractivity contribution in [2.75, 3.05) is 24.3 Å². The molecule has 0 radical (unpaired) electrons. The lowest BCUT2D eigenvalue weighted by atomic mass is 10.2. The van der Waals surface area contributed by atoms with Crippen molar-refractivity contribution in [2.24, 2.45) is 0 Å². The second-order valence-electron chi connectivity index (χ2n) is 4.02. The van der Waals surface area contributed by atoms with E-state index < -0.39 is 0 Å². The second-order valence-corrected chi connectivity index (χ2v) is 4.02. The third-order valence-corrected chi connectivity index (χ3v) is 2.28. The molecule has 0 aliphatic carbocycles. The molecule has 0 bridgehead atoms. The summed E-state index contributed by atoms with van der Waals surface area (Å²) in [5.41, 5.74) is 0. The van der Waals surface area contributed by atoms with Gasteiger partial charge in [-0.25, -0.2) is 4.98 Å². The minimum atomic E-state index is -0.242. The number of aromatic nitrogens is 2. The summed E-state index contributed by atoms with van der Waals surface area (Å²) >= 11 is 0. The van der Waals surface area contributed by atoms with Gasteiger partial charge < -0.3 is 15.4 Å².